The number of hydrogen-bond donors (Lipinski definition) is 2. The summed E-state index contributed by atoms with van der Waals surface area (Å²) in [6, 6.07) is 4.25. The molecule has 0 amide bonds. The van der Waals surface area contributed by atoms with Gasteiger partial charge in [0.1, 0.15) is 5.82 Å². The molecule has 1 saturated carbocycles. The predicted octanol–water partition coefficient (Wildman–Crippen LogP) is 1.56. The summed E-state index contributed by atoms with van der Waals surface area (Å²) in [5.74, 6) is 0.801. The molecule has 4 heteroatoms. The van der Waals surface area contributed by atoms with Gasteiger partial charge in [0.25, 0.3) is 0 Å². The molecular weight excluding hydrogens is 190 g/mol. The number of nitrogens with zero attached hydrogens (tertiary/aromatic N) is 1. The van der Waals surface area contributed by atoms with Gasteiger partial charge in [-0.15, -0.1) is 0 Å². The summed E-state index contributed by atoms with van der Waals surface area (Å²) >= 11 is 0. The van der Waals surface area contributed by atoms with Gasteiger partial charge in [-0.2, -0.15) is 0 Å². The SMILES string of the molecule is COC1CC(Nc2nc(C)ccc2N)C1. The maximum Gasteiger partial charge on any atom is 0.149 e. The van der Waals surface area contributed by atoms with Gasteiger partial charge in [0.15, 0.2) is 0 Å². The second kappa shape index (κ2) is 4.06. The van der Waals surface area contributed by atoms with E-state index < -0.39 is 0 Å². The number of hydrogen-bond acceptors (Lipinski definition) is 4. The minimum atomic E-state index is 0.397. The van der Waals surface area contributed by atoms with E-state index in [1.165, 1.54) is 0 Å². The van der Waals surface area contributed by atoms with Crippen LogP contribution >= 0.6 is 0 Å². The van der Waals surface area contributed by atoms with Crippen LogP contribution in [-0.2, 0) is 4.74 Å². The lowest BCUT2D eigenvalue weighted by Crippen LogP contribution is -2.40. The molecule has 0 saturated heterocycles. The quantitative estimate of drug-likeness (QED) is 0.789. The van der Waals surface area contributed by atoms with Gasteiger partial charge in [-0.25, -0.2) is 4.98 Å². The lowest BCUT2D eigenvalue weighted by atomic mass is 9.89. The lowest BCUT2D eigenvalue weighted by Gasteiger charge is -2.35. The van der Waals surface area contributed by atoms with Crippen LogP contribution in [0.2, 0.25) is 0 Å². The Hall–Kier alpha value is -1.29. The molecule has 0 aliphatic heterocycles. The normalized spacial score (nSPS) is 24.7. The van der Waals surface area contributed by atoms with E-state index in [-0.39, 0.29) is 0 Å². The molecule has 0 unspecified atom stereocenters. The van der Waals surface area contributed by atoms with E-state index in [0.29, 0.717) is 17.8 Å². The van der Waals surface area contributed by atoms with Gasteiger partial charge in [0.2, 0.25) is 0 Å². The first-order chi connectivity index (χ1) is 7.19. The molecule has 1 aromatic rings. The second-order valence-corrected chi connectivity index (χ2v) is 4.06. The molecule has 1 fully saturated rings. The number of nitrogens with two attached hydrogens (primary N) is 1. The van der Waals surface area contributed by atoms with Crippen molar-refractivity contribution in [2.45, 2.75) is 31.9 Å². The molecular formula is C11H17N3O. The minimum Gasteiger partial charge on any atom is -0.396 e. The van der Waals surface area contributed by atoms with Gasteiger partial charge in [0.05, 0.1) is 11.8 Å². The van der Waals surface area contributed by atoms with E-state index in [4.69, 9.17) is 10.5 Å². The third-order valence-electron chi connectivity index (χ3n) is 2.83. The van der Waals surface area contributed by atoms with Crippen LogP contribution < -0.4 is 11.1 Å². The van der Waals surface area contributed by atoms with Crippen LogP contribution in [0.1, 0.15) is 18.5 Å². The number of pyridine rings is 1. The highest BCUT2D eigenvalue weighted by Gasteiger charge is 2.29. The number of methoxy groups -OCH3 is 1. The fourth-order valence-corrected chi connectivity index (χ4v) is 1.75. The van der Waals surface area contributed by atoms with E-state index in [2.05, 4.69) is 10.3 Å². The number of aromatic nitrogens is 1. The Morgan fingerprint density at radius 3 is 2.87 bits per heavy atom. The minimum absolute atomic E-state index is 0.397. The Labute approximate surface area is 89.8 Å². The van der Waals surface area contributed by atoms with Crippen molar-refractivity contribution in [2.75, 3.05) is 18.2 Å². The third-order valence-corrected chi connectivity index (χ3v) is 2.83. The Morgan fingerprint density at radius 1 is 1.47 bits per heavy atom. The first-order valence-corrected chi connectivity index (χ1v) is 5.21. The predicted molar refractivity (Wildman–Crippen MR) is 60.8 cm³/mol. The fraction of sp³-hybridized carbons (Fsp3) is 0.545. The van der Waals surface area contributed by atoms with Crippen LogP contribution in [0.15, 0.2) is 12.1 Å². The van der Waals surface area contributed by atoms with Crippen LogP contribution in [0.5, 0.6) is 0 Å². The number of ether oxygens (including phenoxy) is 1. The van der Waals surface area contributed by atoms with Crippen molar-refractivity contribution in [2.24, 2.45) is 0 Å². The molecule has 0 spiro atoms. The summed E-state index contributed by atoms with van der Waals surface area (Å²) in [5, 5.41) is 3.34. The fourth-order valence-electron chi connectivity index (χ4n) is 1.75. The molecule has 82 valence electrons. The zero-order valence-corrected chi connectivity index (χ0v) is 9.16. The maximum absolute atomic E-state index is 5.83. The van der Waals surface area contributed by atoms with Gasteiger partial charge >= 0.3 is 0 Å². The van der Waals surface area contributed by atoms with Gasteiger partial charge in [-0.05, 0) is 31.9 Å². The molecule has 0 radical (unpaired) electrons. The molecule has 2 rings (SSSR count). The molecule has 1 heterocycles. The highest BCUT2D eigenvalue weighted by molar-refractivity contribution is 5.61. The van der Waals surface area contributed by atoms with Gasteiger partial charge in [-0.1, -0.05) is 0 Å². The zero-order chi connectivity index (χ0) is 10.8. The average molecular weight is 207 g/mol. The van der Waals surface area contributed by atoms with Crippen molar-refractivity contribution < 1.29 is 4.74 Å². The monoisotopic (exact) mass is 207 g/mol. The Bertz CT molecular complexity index is 348. The summed E-state index contributed by atoms with van der Waals surface area (Å²) in [6.07, 6.45) is 2.46. The number of rotatable bonds is 3. The van der Waals surface area contributed by atoms with Crippen LogP contribution in [0.3, 0.4) is 0 Å². The van der Waals surface area contributed by atoms with Gasteiger partial charge in [-0.3, -0.25) is 0 Å². The summed E-state index contributed by atoms with van der Waals surface area (Å²) in [6.45, 7) is 1.96. The van der Waals surface area contributed by atoms with Crippen molar-refractivity contribution >= 4 is 11.5 Å². The Morgan fingerprint density at radius 2 is 2.20 bits per heavy atom. The first kappa shape index (κ1) is 10.2. The summed E-state index contributed by atoms with van der Waals surface area (Å²) in [4.78, 5) is 4.37. The van der Waals surface area contributed by atoms with Gasteiger partial charge in [0, 0.05) is 18.8 Å². The highest BCUT2D eigenvalue weighted by Crippen LogP contribution is 2.27. The van der Waals surface area contributed by atoms with E-state index in [1.807, 2.05) is 19.1 Å². The molecule has 0 bridgehead atoms. The summed E-state index contributed by atoms with van der Waals surface area (Å²) < 4.78 is 5.22. The lowest BCUT2D eigenvalue weighted by molar-refractivity contribution is 0.0328. The number of aryl methyl sites for hydroxylation is 1. The van der Waals surface area contributed by atoms with Crippen molar-refractivity contribution in [3.8, 4) is 0 Å². The molecule has 0 atom stereocenters. The van der Waals surface area contributed by atoms with Crippen molar-refractivity contribution in [1.29, 1.82) is 0 Å². The third kappa shape index (κ3) is 2.21. The van der Waals surface area contributed by atoms with Crippen LogP contribution in [0.25, 0.3) is 0 Å². The molecule has 4 nitrogen and oxygen atoms in total. The van der Waals surface area contributed by atoms with Crippen molar-refractivity contribution in [3.63, 3.8) is 0 Å². The molecule has 1 aromatic heterocycles. The highest BCUT2D eigenvalue weighted by atomic mass is 16.5. The Kier molecular flexibility index (Phi) is 2.77. The van der Waals surface area contributed by atoms with E-state index >= 15 is 0 Å². The second-order valence-electron chi connectivity index (χ2n) is 4.06. The first-order valence-electron chi connectivity index (χ1n) is 5.21. The standard InChI is InChI=1S/C11H17N3O/c1-7-3-4-10(12)11(13-7)14-8-5-9(6-8)15-2/h3-4,8-9H,5-6,12H2,1-2H3,(H,13,14). The van der Waals surface area contributed by atoms with E-state index in [1.54, 1.807) is 7.11 Å². The van der Waals surface area contributed by atoms with E-state index in [9.17, 15) is 0 Å². The number of nitrogen functional groups attached to an aromatic ring is 1. The van der Waals surface area contributed by atoms with Crippen molar-refractivity contribution in [3.05, 3.63) is 17.8 Å². The molecule has 1 aliphatic rings. The number of nitrogens with one attached hydrogen (secondary N) is 1. The summed E-state index contributed by atoms with van der Waals surface area (Å²) in [5.41, 5.74) is 7.52. The van der Waals surface area contributed by atoms with Crippen LogP contribution in [-0.4, -0.2) is 24.2 Å². The average Bonchev–Trinajstić information content (AvgIpc) is 2.16. The van der Waals surface area contributed by atoms with Crippen LogP contribution in [0, 0.1) is 6.92 Å². The maximum atomic E-state index is 5.83. The van der Waals surface area contributed by atoms with Gasteiger partial charge < -0.3 is 15.8 Å². The molecule has 15 heavy (non-hydrogen) atoms. The molecule has 0 aromatic carbocycles. The number of anilines is 2. The zero-order valence-electron chi connectivity index (χ0n) is 9.16. The van der Waals surface area contributed by atoms with Crippen LogP contribution in [0.4, 0.5) is 11.5 Å². The Balaban J connectivity index is 1.97. The summed E-state index contributed by atoms with van der Waals surface area (Å²) in [7, 11) is 1.75. The molecule has 3 N–H and O–H groups in total. The van der Waals surface area contributed by atoms with E-state index in [0.717, 1.165) is 24.4 Å². The smallest absolute Gasteiger partial charge is 0.149 e. The van der Waals surface area contributed by atoms with Crippen molar-refractivity contribution in [1.82, 2.24) is 4.98 Å². The molecule has 1 aliphatic carbocycles. The topological polar surface area (TPSA) is 60.2 Å². The largest absolute Gasteiger partial charge is 0.396 e.